The molecule has 0 aromatic carbocycles. The van der Waals surface area contributed by atoms with Gasteiger partial charge in [-0.25, -0.2) is 22.0 Å². The van der Waals surface area contributed by atoms with Crippen LogP contribution >= 0.6 is 0 Å². The Balaban J connectivity index is 5.65. The predicted octanol–water partition coefficient (Wildman–Crippen LogP) is 11.6. The molecule has 8 heteroatoms. The summed E-state index contributed by atoms with van der Waals surface area (Å²) in [6.07, 6.45) is 1.73. The first-order chi connectivity index (χ1) is 18.5. The van der Waals surface area contributed by atoms with Crippen LogP contribution in [-0.2, 0) is 4.74 Å². The van der Waals surface area contributed by atoms with Gasteiger partial charge >= 0.3 is 6.11 Å². The van der Waals surface area contributed by atoms with Crippen LogP contribution in [0.2, 0.25) is 0 Å². The van der Waals surface area contributed by atoms with Gasteiger partial charge in [-0.3, -0.25) is 0 Å². The third-order valence-corrected chi connectivity index (χ3v) is 5.43. The van der Waals surface area contributed by atoms with Crippen molar-refractivity contribution in [2.45, 2.75) is 33.8 Å². The van der Waals surface area contributed by atoms with Gasteiger partial charge in [-0.15, -0.1) is 0 Å². The summed E-state index contributed by atoms with van der Waals surface area (Å²) >= 11 is 0. The normalized spacial score (nSPS) is 13.8. The van der Waals surface area contributed by atoms with E-state index < -0.39 is 68.7 Å². The fourth-order valence-corrected chi connectivity index (χ4v) is 2.54. The van der Waals surface area contributed by atoms with Crippen molar-refractivity contribution < 1.29 is 35.5 Å². The van der Waals surface area contributed by atoms with E-state index in [4.69, 9.17) is 0 Å². The molecule has 0 unspecified atom stereocenters. The Morgan fingerprint density at radius 3 is 1.54 bits per heavy atom. The van der Waals surface area contributed by atoms with Crippen LogP contribution in [0.15, 0.2) is 157 Å². The second-order valence-corrected chi connectivity index (χ2v) is 9.80. The summed E-state index contributed by atoms with van der Waals surface area (Å²) in [4.78, 5) is 0. The van der Waals surface area contributed by atoms with Crippen molar-refractivity contribution in [2.75, 3.05) is 0 Å². The zero-order chi connectivity index (χ0) is 32.5. The number of rotatable bonds is 16. The predicted molar refractivity (Wildman–Crippen MR) is 155 cm³/mol. The minimum Gasteiger partial charge on any atom is -0.429 e. The average molecular weight is 581 g/mol. The van der Waals surface area contributed by atoms with Crippen molar-refractivity contribution in [3.8, 4) is 0 Å². The van der Waals surface area contributed by atoms with Crippen molar-refractivity contribution in [1.29, 1.82) is 0 Å². The summed E-state index contributed by atoms with van der Waals surface area (Å²) in [5.41, 5.74) is -3.58. The summed E-state index contributed by atoms with van der Waals surface area (Å²) < 4.78 is 103. The number of allylic oxidation sites excluding steroid dienone is 15. The van der Waals surface area contributed by atoms with Crippen LogP contribution in [0.4, 0.5) is 30.7 Å². The minimum absolute atomic E-state index is 0.253. The Kier molecular flexibility index (Phi) is 13.6. The van der Waals surface area contributed by atoms with Crippen molar-refractivity contribution in [1.82, 2.24) is 0 Å². The van der Waals surface area contributed by atoms with E-state index >= 15 is 0 Å². The zero-order valence-electron chi connectivity index (χ0n) is 23.8. The molecule has 0 saturated heterocycles. The Bertz CT molecular complexity index is 1310. The molecular formula is C33H35F7O. The molecule has 0 aromatic rings. The van der Waals surface area contributed by atoms with Crippen LogP contribution in [0, 0.1) is 11.3 Å². The van der Waals surface area contributed by atoms with Crippen LogP contribution in [0.1, 0.15) is 27.7 Å². The van der Waals surface area contributed by atoms with Crippen molar-refractivity contribution in [3.63, 3.8) is 0 Å². The second kappa shape index (κ2) is 15.1. The van der Waals surface area contributed by atoms with Gasteiger partial charge in [-0.05, 0) is 40.9 Å². The maximum Gasteiger partial charge on any atom is 0.428 e. The summed E-state index contributed by atoms with van der Waals surface area (Å²) in [5, 5.41) is 0. The van der Waals surface area contributed by atoms with Crippen LogP contribution in [0.3, 0.4) is 0 Å². The van der Waals surface area contributed by atoms with E-state index in [2.05, 4.69) is 57.4 Å². The maximum absolute atomic E-state index is 14.8. The first-order valence-corrected chi connectivity index (χ1v) is 12.0. The SMILES string of the molecule is C=C(/C=C(/F)C(=C)C(=C)/C=C(/F)C(=C)F)OC(F)(F)C(=C)/C(F)=C\C(=C)C(=C)/C(F)=C\C(=C)C(C)(C)/C=C\C(C)C. The molecule has 0 aliphatic rings. The van der Waals surface area contributed by atoms with E-state index in [1.165, 1.54) is 0 Å². The van der Waals surface area contributed by atoms with Crippen LogP contribution < -0.4 is 0 Å². The summed E-state index contributed by atoms with van der Waals surface area (Å²) in [7, 11) is 0. The van der Waals surface area contributed by atoms with E-state index in [-0.39, 0.29) is 11.5 Å². The molecule has 0 amide bonds. The zero-order valence-corrected chi connectivity index (χ0v) is 23.8. The Morgan fingerprint density at radius 2 is 1.10 bits per heavy atom. The van der Waals surface area contributed by atoms with Gasteiger partial charge in [0.2, 0.25) is 0 Å². The van der Waals surface area contributed by atoms with E-state index in [1.807, 2.05) is 39.8 Å². The molecule has 0 radical (unpaired) electrons. The summed E-state index contributed by atoms with van der Waals surface area (Å²) in [5.74, 6) is -7.51. The van der Waals surface area contributed by atoms with Crippen LogP contribution in [-0.4, -0.2) is 6.11 Å². The van der Waals surface area contributed by atoms with Crippen LogP contribution in [0.5, 0.6) is 0 Å². The fraction of sp³-hybridized carbons (Fsp3) is 0.212. The van der Waals surface area contributed by atoms with E-state index in [9.17, 15) is 30.7 Å². The number of hydrogen-bond donors (Lipinski definition) is 0. The largest absolute Gasteiger partial charge is 0.429 e. The molecule has 0 rings (SSSR count). The number of alkyl halides is 2. The quantitative estimate of drug-likeness (QED) is 0.0764. The first-order valence-electron chi connectivity index (χ1n) is 12.0. The molecule has 0 aromatic heterocycles. The average Bonchev–Trinajstić information content (AvgIpc) is 2.84. The molecule has 0 atom stereocenters. The Labute approximate surface area is 238 Å². The molecule has 0 fully saturated rings. The lowest BCUT2D eigenvalue weighted by molar-refractivity contribution is -0.177. The van der Waals surface area contributed by atoms with Crippen molar-refractivity contribution >= 4 is 0 Å². The second-order valence-electron chi connectivity index (χ2n) is 9.80. The van der Waals surface area contributed by atoms with E-state index in [0.717, 1.165) is 6.08 Å². The van der Waals surface area contributed by atoms with Gasteiger partial charge in [0, 0.05) is 22.6 Å². The molecule has 1 nitrogen and oxygen atoms in total. The number of ether oxygens (including phenoxy) is 1. The maximum atomic E-state index is 14.8. The lowest BCUT2D eigenvalue weighted by Crippen LogP contribution is -2.23. The standard InChI is InChI=1S/C33H35F7O/c1-19(2)13-14-32(11,12)22(5)17-28(35)24(7)20(3)15-30(37)26(9)33(39,40)41-23(6)18-29(36)25(8)21(4)16-31(38)27(10)34/h13-19H,3-10H2,1-2,11-12H3/b14-13-,28-17+,29-18+,30-15+,31-16+. The highest BCUT2D eigenvalue weighted by Crippen LogP contribution is 2.35. The molecule has 0 saturated carbocycles. The monoisotopic (exact) mass is 580 g/mol. The minimum atomic E-state index is -4.44. The van der Waals surface area contributed by atoms with Gasteiger partial charge < -0.3 is 4.74 Å². The fourth-order valence-electron chi connectivity index (χ4n) is 2.54. The first kappa shape index (κ1) is 36.9. The molecular weight excluding hydrogens is 545 g/mol. The topological polar surface area (TPSA) is 9.23 Å². The van der Waals surface area contributed by atoms with E-state index in [0.29, 0.717) is 23.8 Å². The van der Waals surface area contributed by atoms with Gasteiger partial charge in [0.1, 0.15) is 23.2 Å². The Morgan fingerprint density at radius 1 is 0.659 bits per heavy atom. The smallest absolute Gasteiger partial charge is 0.428 e. The van der Waals surface area contributed by atoms with Gasteiger partial charge in [-0.2, -0.15) is 8.78 Å². The highest BCUT2D eigenvalue weighted by Gasteiger charge is 2.38. The molecule has 0 spiro atoms. The van der Waals surface area contributed by atoms with Gasteiger partial charge in [0.25, 0.3) is 0 Å². The third-order valence-electron chi connectivity index (χ3n) is 5.43. The van der Waals surface area contributed by atoms with Gasteiger partial charge in [0.05, 0.1) is 5.57 Å². The van der Waals surface area contributed by atoms with Gasteiger partial charge in [-0.1, -0.05) is 92.5 Å². The molecule has 41 heavy (non-hydrogen) atoms. The highest BCUT2D eigenvalue weighted by molar-refractivity contribution is 5.51. The van der Waals surface area contributed by atoms with E-state index in [1.54, 1.807) is 0 Å². The number of hydrogen-bond acceptors (Lipinski definition) is 1. The lowest BCUT2D eigenvalue weighted by Gasteiger charge is -2.22. The molecule has 0 N–H and O–H groups in total. The molecule has 0 heterocycles. The van der Waals surface area contributed by atoms with Gasteiger partial charge in [0.15, 0.2) is 11.7 Å². The van der Waals surface area contributed by atoms with Crippen molar-refractivity contribution in [2.24, 2.45) is 11.3 Å². The molecule has 0 aliphatic carbocycles. The third kappa shape index (κ3) is 11.9. The summed E-state index contributed by atoms with van der Waals surface area (Å²) in [6, 6.07) is 0. The summed E-state index contributed by atoms with van der Waals surface area (Å²) in [6.45, 7) is 33.6. The van der Waals surface area contributed by atoms with Crippen LogP contribution in [0.25, 0.3) is 0 Å². The Hall–Kier alpha value is -4.07. The lowest BCUT2D eigenvalue weighted by atomic mass is 9.83. The highest BCUT2D eigenvalue weighted by atomic mass is 19.3. The molecule has 0 bridgehead atoms. The molecule has 222 valence electrons. The number of halogens is 7. The molecule has 0 aliphatic heterocycles. The van der Waals surface area contributed by atoms with Crippen molar-refractivity contribution in [3.05, 3.63) is 157 Å².